The number of rotatable bonds is 3. The van der Waals surface area contributed by atoms with Crippen LogP contribution in [0.25, 0.3) is 0 Å². The van der Waals surface area contributed by atoms with Crippen LogP contribution in [-0.2, 0) is 4.74 Å². The maximum absolute atomic E-state index is 6.14. The summed E-state index contributed by atoms with van der Waals surface area (Å²) in [6.45, 7) is 3.01. The summed E-state index contributed by atoms with van der Waals surface area (Å²) in [5.41, 5.74) is 0. The molecule has 0 saturated carbocycles. The fourth-order valence-corrected chi connectivity index (χ4v) is 2.33. The molecule has 6 nitrogen and oxygen atoms in total. The molecule has 0 N–H and O–H groups in total. The number of nitrogens with zero attached hydrogens (tertiary/aromatic N) is 5. The quantitative estimate of drug-likeness (QED) is 0.810. The maximum atomic E-state index is 6.14. The van der Waals surface area contributed by atoms with E-state index in [1.807, 2.05) is 30.1 Å². The summed E-state index contributed by atoms with van der Waals surface area (Å²) in [6.07, 6.45) is 1.74. The van der Waals surface area contributed by atoms with E-state index < -0.39 is 0 Å². The lowest BCUT2D eigenvalue weighted by Crippen LogP contribution is -2.37. The van der Waals surface area contributed by atoms with Gasteiger partial charge in [0.1, 0.15) is 16.8 Å². The molecule has 2 aromatic rings. The molecule has 0 radical (unpaired) electrons. The predicted molar refractivity (Wildman–Crippen MR) is 82.4 cm³/mol. The molecule has 2 aromatic heterocycles. The molecule has 0 aliphatic carbocycles. The Bertz CT molecular complexity index is 604. The normalized spacial score (nSPS) is 15.0. The molecule has 0 atom stereocenters. The van der Waals surface area contributed by atoms with E-state index in [0.29, 0.717) is 24.3 Å². The summed E-state index contributed by atoms with van der Waals surface area (Å²) in [5, 5.41) is 0.421. The molecule has 3 heterocycles. The zero-order valence-electron chi connectivity index (χ0n) is 11.7. The molecule has 21 heavy (non-hydrogen) atoms. The molecule has 0 bridgehead atoms. The zero-order valence-corrected chi connectivity index (χ0v) is 12.5. The Morgan fingerprint density at radius 2 is 2.05 bits per heavy atom. The fraction of sp³-hybridized carbons (Fsp3) is 0.357. The van der Waals surface area contributed by atoms with Gasteiger partial charge in [0.2, 0.25) is 5.95 Å². The van der Waals surface area contributed by atoms with E-state index in [9.17, 15) is 0 Å². The summed E-state index contributed by atoms with van der Waals surface area (Å²) >= 11 is 6.14. The second-order valence-corrected chi connectivity index (χ2v) is 5.08. The Labute approximate surface area is 128 Å². The number of hydrogen-bond donors (Lipinski definition) is 0. The molecular formula is C14H16ClN5O. The third kappa shape index (κ3) is 3.22. The van der Waals surface area contributed by atoms with Gasteiger partial charge in [0.15, 0.2) is 0 Å². The van der Waals surface area contributed by atoms with E-state index in [-0.39, 0.29) is 0 Å². The summed E-state index contributed by atoms with van der Waals surface area (Å²) in [6, 6.07) is 7.48. The first kappa shape index (κ1) is 14.0. The molecule has 1 fully saturated rings. The van der Waals surface area contributed by atoms with Crippen molar-refractivity contribution in [1.29, 1.82) is 0 Å². The Kier molecular flexibility index (Phi) is 4.17. The zero-order chi connectivity index (χ0) is 14.7. The Morgan fingerprint density at radius 3 is 2.76 bits per heavy atom. The smallest absolute Gasteiger partial charge is 0.234 e. The van der Waals surface area contributed by atoms with E-state index in [1.165, 1.54) is 0 Å². The van der Waals surface area contributed by atoms with Crippen LogP contribution in [0.1, 0.15) is 0 Å². The van der Waals surface area contributed by atoms with Crippen molar-refractivity contribution in [3.63, 3.8) is 0 Å². The number of morpholine rings is 1. The van der Waals surface area contributed by atoms with Gasteiger partial charge >= 0.3 is 0 Å². The van der Waals surface area contributed by atoms with Crippen molar-refractivity contribution in [1.82, 2.24) is 15.0 Å². The Morgan fingerprint density at radius 1 is 1.24 bits per heavy atom. The van der Waals surface area contributed by atoms with Gasteiger partial charge in [0.05, 0.1) is 13.2 Å². The maximum Gasteiger partial charge on any atom is 0.234 e. The highest BCUT2D eigenvalue weighted by Gasteiger charge is 2.16. The van der Waals surface area contributed by atoms with Crippen LogP contribution in [0.5, 0.6) is 0 Å². The highest BCUT2D eigenvalue weighted by Crippen LogP contribution is 2.24. The van der Waals surface area contributed by atoms with Crippen LogP contribution in [0.3, 0.4) is 0 Å². The largest absolute Gasteiger partial charge is 0.378 e. The number of aromatic nitrogens is 3. The molecule has 0 spiro atoms. The number of ether oxygens (including phenoxy) is 1. The van der Waals surface area contributed by atoms with Crippen molar-refractivity contribution >= 4 is 29.2 Å². The standard InChI is InChI=1S/C14H16ClN5O/c1-19(12-4-2-3-5-16-12)14-17-11(15)10-13(18-14)20-6-8-21-9-7-20/h2-5,10H,6-9H2,1H3. The molecule has 1 aliphatic rings. The minimum absolute atomic E-state index is 0.421. The lowest BCUT2D eigenvalue weighted by atomic mass is 10.4. The van der Waals surface area contributed by atoms with Gasteiger partial charge < -0.3 is 9.64 Å². The summed E-state index contributed by atoms with van der Waals surface area (Å²) in [5.74, 6) is 2.12. The van der Waals surface area contributed by atoms with Gasteiger partial charge in [0, 0.05) is 32.4 Å². The van der Waals surface area contributed by atoms with Crippen LogP contribution in [0.2, 0.25) is 5.15 Å². The van der Waals surface area contributed by atoms with E-state index in [0.717, 1.165) is 24.7 Å². The second kappa shape index (κ2) is 6.24. The first-order valence-corrected chi connectivity index (χ1v) is 7.14. The van der Waals surface area contributed by atoms with Crippen molar-refractivity contribution in [2.75, 3.05) is 43.2 Å². The van der Waals surface area contributed by atoms with Crippen molar-refractivity contribution in [2.24, 2.45) is 0 Å². The van der Waals surface area contributed by atoms with Crippen molar-refractivity contribution < 1.29 is 4.74 Å². The molecule has 1 saturated heterocycles. The number of pyridine rings is 1. The highest BCUT2D eigenvalue weighted by atomic mass is 35.5. The lowest BCUT2D eigenvalue weighted by Gasteiger charge is -2.28. The molecule has 7 heteroatoms. The summed E-state index contributed by atoms with van der Waals surface area (Å²) in [4.78, 5) is 17.1. The first-order valence-electron chi connectivity index (χ1n) is 6.76. The average molecular weight is 306 g/mol. The third-order valence-electron chi connectivity index (χ3n) is 3.30. The van der Waals surface area contributed by atoms with Crippen LogP contribution in [-0.4, -0.2) is 48.3 Å². The van der Waals surface area contributed by atoms with Crippen molar-refractivity contribution in [3.8, 4) is 0 Å². The van der Waals surface area contributed by atoms with Gasteiger partial charge in [0.25, 0.3) is 0 Å². The molecule has 0 aromatic carbocycles. The molecule has 3 rings (SSSR count). The van der Waals surface area contributed by atoms with Gasteiger partial charge in [-0.15, -0.1) is 0 Å². The number of halogens is 1. The van der Waals surface area contributed by atoms with E-state index in [4.69, 9.17) is 16.3 Å². The second-order valence-electron chi connectivity index (χ2n) is 4.70. The third-order valence-corrected chi connectivity index (χ3v) is 3.49. The fourth-order valence-electron chi connectivity index (χ4n) is 2.15. The Balaban J connectivity index is 1.90. The number of anilines is 3. The minimum Gasteiger partial charge on any atom is -0.378 e. The van der Waals surface area contributed by atoms with Crippen LogP contribution in [0.15, 0.2) is 30.5 Å². The van der Waals surface area contributed by atoms with E-state index in [1.54, 1.807) is 12.3 Å². The SMILES string of the molecule is CN(c1ccccn1)c1nc(Cl)cc(N2CCOCC2)n1. The van der Waals surface area contributed by atoms with Crippen LogP contribution in [0.4, 0.5) is 17.6 Å². The summed E-state index contributed by atoms with van der Waals surface area (Å²) in [7, 11) is 1.87. The highest BCUT2D eigenvalue weighted by molar-refractivity contribution is 6.29. The lowest BCUT2D eigenvalue weighted by molar-refractivity contribution is 0.122. The van der Waals surface area contributed by atoms with Crippen molar-refractivity contribution in [3.05, 3.63) is 35.6 Å². The number of hydrogen-bond acceptors (Lipinski definition) is 6. The average Bonchev–Trinajstić information content (AvgIpc) is 2.55. The molecule has 0 amide bonds. The van der Waals surface area contributed by atoms with Crippen molar-refractivity contribution in [2.45, 2.75) is 0 Å². The first-order chi connectivity index (χ1) is 10.2. The molecule has 0 unspecified atom stereocenters. The minimum atomic E-state index is 0.421. The topological polar surface area (TPSA) is 54.4 Å². The van der Waals surface area contributed by atoms with E-state index >= 15 is 0 Å². The van der Waals surface area contributed by atoms with Gasteiger partial charge in [-0.3, -0.25) is 4.90 Å². The predicted octanol–water partition coefficient (Wildman–Crippen LogP) is 2.13. The van der Waals surface area contributed by atoms with Gasteiger partial charge in [-0.2, -0.15) is 4.98 Å². The van der Waals surface area contributed by atoms with E-state index in [2.05, 4.69) is 19.9 Å². The van der Waals surface area contributed by atoms with Gasteiger partial charge in [-0.1, -0.05) is 17.7 Å². The Hall–Kier alpha value is -1.92. The summed E-state index contributed by atoms with van der Waals surface area (Å²) < 4.78 is 5.36. The monoisotopic (exact) mass is 305 g/mol. The van der Waals surface area contributed by atoms with Crippen LogP contribution in [0, 0.1) is 0 Å². The molecule has 110 valence electrons. The molecule has 1 aliphatic heterocycles. The van der Waals surface area contributed by atoms with Gasteiger partial charge in [-0.25, -0.2) is 9.97 Å². The van der Waals surface area contributed by atoms with Crippen LogP contribution >= 0.6 is 11.6 Å². The van der Waals surface area contributed by atoms with Crippen LogP contribution < -0.4 is 9.80 Å². The van der Waals surface area contributed by atoms with Gasteiger partial charge in [-0.05, 0) is 12.1 Å². The molecular weight excluding hydrogens is 290 g/mol.